The maximum Gasteiger partial charge on any atom is 0.245 e. The van der Waals surface area contributed by atoms with Crippen molar-refractivity contribution in [3.8, 4) is 6.07 Å². The summed E-state index contributed by atoms with van der Waals surface area (Å²) < 4.78 is 0. The highest BCUT2D eigenvalue weighted by atomic mass is 32.2. The standard InChI is InChI=1S/C44H28BN3S/c46-28-29-23-25-32(26-24-29)47-36-20-10-11-21-37(36)48(31-15-5-2-6-16-31)44-38(47)27-40-43-42(44)41(30-13-3-1-4-14-30)33-17-7-8-18-34(33)45(43)35-19-9-12-22-39(35)49-40/h1-27,41H. The highest BCUT2D eigenvalue weighted by Gasteiger charge is 2.46. The van der Waals surface area contributed by atoms with Gasteiger partial charge in [0, 0.05) is 27.1 Å². The zero-order valence-corrected chi connectivity index (χ0v) is 27.3. The number of anilines is 6. The first-order chi connectivity index (χ1) is 24.3. The molecule has 3 aliphatic heterocycles. The monoisotopic (exact) mass is 641 g/mol. The summed E-state index contributed by atoms with van der Waals surface area (Å²) in [6.07, 6.45) is 0. The lowest BCUT2D eigenvalue weighted by molar-refractivity contribution is 0.967. The van der Waals surface area contributed by atoms with E-state index in [0.29, 0.717) is 5.56 Å². The van der Waals surface area contributed by atoms with E-state index in [-0.39, 0.29) is 12.6 Å². The predicted octanol–water partition coefficient (Wildman–Crippen LogP) is 9.29. The van der Waals surface area contributed by atoms with Gasteiger partial charge in [-0.05, 0) is 82.8 Å². The van der Waals surface area contributed by atoms with Crippen LogP contribution in [0.3, 0.4) is 0 Å². The van der Waals surface area contributed by atoms with Crippen LogP contribution in [0, 0.1) is 11.3 Å². The Hall–Kier alpha value is -5.96. The fourth-order valence-corrected chi connectivity index (χ4v) is 9.44. The van der Waals surface area contributed by atoms with Gasteiger partial charge in [-0.2, -0.15) is 5.26 Å². The van der Waals surface area contributed by atoms with E-state index in [9.17, 15) is 5.26 Å². The fourth-order valence-electron chi connectivity index (χ4n) is 8.24. The summed E-state index contributed by atoms with van der Waals surface area (Å²) in [5.74, 6) is 0.0162. The number of hydrogen-bond donors (Lipinski definition) is 0. The van der Waals surface area contributed by atoms with Crippen molar-refractivity contribution in [1.82, 2.24) is 0 Å². The first-order valence-electron chi connectivity index (χ1n) is 16.7. The molecular formula is C44H28BN3S. The van der Waals surface area contributed by atoms with E-state index in [1.54, 1.807) is 0 Å². The summed E-state index contributed by atoms with van der Waals surface area (Å²) in [6.45, 7) is 0.113. The Kier molecular flexibility index (Phi) is 6.34. The van der Waals surface area contributed by atoms with Crippen molar-refractivity contribution in [2.45, 2.75) is 15.7 Å². The maximum absolute atomic E-state index is 9.67. The van der Waals surface area contributed by atoms with E-state index in [2.05, 4.69) is 168 Å². The first-order valence-corrected chi connectivity index (χ1v) is 17.5. The van der Waals surface area contributed by atoms with Crippen LogP contribution in [-0.2, 0) is 0 Å². The number of benzene rings is 7. The molecule has 0 spiro atoms. The molecule has 5 heteroatoms. The number of nitrogens with zero attached hydrogens (tertiary/aromatic N) is 3. The van der Waals surface area contributed by atoms with Gasteiger partial charge in [0.25, 0.3) is 0 Å². The molecule has 1 atom stereocenters. The molecule has 7 aromatic carbocycles. The number of rotatable bonds is 3. The smallest absolute Gasteiger partial charge is 0.245 e. The first kappa shape index (κ1) is 28.1. The van der Waals surface area contributed by atoms with E-state index in [1.165, 1.54) is 48.6 Å². The van der Waals surface area contributed by atoms with E-state index in [0.717, 1.165) is 28.4 Å². The molecule has 0 fully saturated rings. The molecule has 0 N–H and O–H groups in total. The van der Waals surface area contributed by atoms with Gasteiger partial charge in [-0.25, -0.2) is 0 Å². The number of nitriles is 1. The molecule has 228 valence electrons. The Morgan fingerprint density at radius 3 is 1.92 bits per heavy atom. The van der Waals surface area contributed by atoms with Crippen LogP contribution in [-0.4, -0.2) is 6.71 Å². The molecule has 1 unspecified atom stereocenters. The van der Waals surface area contributed by atoms with E-state index >= 15 is 0 Å². The molecule has 3 heterocycles. The maximum atomic E-state index is 9.67. The van der Waals surface area contributed by atoms with Gasteiger partial charge in [-0.15, -0.1) is 0 Å². The topological polar surface area (TPSA) is 30.3 Å². The largest absolute Gasteiger partial charge is 0.306 e. The molecule has 0 radical (unpaired) electrons. The highest BCUT2D eigenvalue weighted by Crippen LogP contribution is 2.58. The van der Waals surface area contributed by atoms with Gasteiger partial charge in [0.05, 0.1) is 34.4 Å². The van der Waals surface area contributed by atoms with Gasteiger partial charge in [-0.3, -0.25) is 0 Å². The van der Waals surface area contributed by atoms with Gasteiger partial charge in [-0.1, -0.05) is 126 Å². The van der Waals surface area contributed by atoms with Crippen LogP contribution in [0.2, 0.25) is 0 Å². The Bertz CT molecular complexity index is 2450. The average molecular weight is 642 g/mol. The molecule has 0 saturated carbocycles. The van der Waals surface area contributed by atoms with Crippen LogP contribution >= 0.6 is 11.8 Å². The van der Waals surface area contributed by atoms with Crippen LogP contribution in [0.5, 0.6) is 0 Å². The summed E-state index contributed by atoms with van der Waals surface area (Å²) >= 11 is 1.89. The minimum absolute atomic E-state index is 0.0162. The summed E-state index contributed by atoms with van der Waals surface area (Å²) in [6, 6.07) is 61.4. The Balaban J connectivity index is 1.38. The van der Waals surface area contributed by atoms with Crippen molar-refractivity contribution in [3.63, 3.8) is 0 Å². The minimum Gasteiger partial charge on any atom is -0.306 e. The highest BCUT2D eigenvalue weighted by molar-refractivity contribution is 8.00. The van der Waals surface area contributed by atoms with Crippen molar-refractivity contribution in [1.29, 1.82) is 5.26 Å². The lowest BCUT2D eigenvalue weighted by Gasteiger charge is -2.46. The SMILES string of the molecule is N#Cc1ccc(N2c3ccccc3N(c3ccccc3)c3c2cc2c4c3C(c3ccccc3)c3ccccc3B4c3ccccc3S2)cc1. The van der Waals surface area contributed by atoms with Crippen LogP contribution in [0.15, 0.2) is 174 Å². The number of fused-ring (bicyclic) bond motifs is 7. The van der Waals surface area contributed by atoms with Crippen LogP contribution < -0.4 is 26.2 Å². The van der Waals surface area contributed by atoms with E-state index in [1.807, 2.05) is 23.9 Å². The van der Waals surface area contributed by atoms with Crippen molar-refractivity contribution >= 4 is 69.0 Å². The Morgan fingerprint density at radius 1 is 0.551 bits per heavy atom. The second-order valence-corrected chi connectivity index (χ2v) is 13.9. The molecule has 49 heavy (non-hydrogen) atoms. The molecule has 3 aliphatic rings. The number of hydrogen-bond acceptors (Lipinski definition) is 4. The van der Waals surface area contributed by atoms with E-state index < -0.39 is 0 Å². The lowest BCUT2D eigenvalue weighted by Crippen LogP contribution is -2.60. The van der Waals surface area contributed by atoms with Gasteiger partial charge in [0.15, 0.2) is 0 Å². The molecule has 7 aromatic rings. The zero-order valence-electron chi connectivity index (χ0n) is 26.5. The van der Waals surface area contributed by atoms with Gasteiger partial charge < -0.3 is 9.80 Å². The van der Waals surface area contributed by atoms with Crippen molar-refractivity contribution in [2.75, 3.05) is 9.80 Å². The summed E-state index contributed by atoms with van der Waals surface area (Å²) in [4.78, 5) is 7.49. The Morgan fingerprint density at radius 2 is 1.16 bits per heavy atom. The summed E-state index contributed by atoms with van der Waals surface area (Å²) in [5.41, 5.74) is 15.5. The summed E-state index contributed by atoms with van der Waals surface area (Å²) in [5, 5.41) is 9.67. The van der Waals surface area contributed by atoms with Crippen LogP contribution in [0.1, 0.15) is 28.2 Å². The third kappa shape index (κ3) is 4.18. The molecule has 10 rings (SSSR count). The van der Waals surface area contributed by atoms with Crippen LogP contribution in [0.4, 0.5) is 34.1 Å². The normalized spacial score (nSPS) is 14.9. The second kappa shape index (κ2) is 11.1. The van der Waals surface area contributed by atoms with Gasteiger partial charge >= 0.3 is 0 Å². The third-order valence-corrected chi connectivity index (χ3v) is 11.3. The molecule has 0 saturated heterocycles. The predicted molar refractivity (Wildman–Crippen MR) is 203 cm³/mol. The minimum atomic E-state index is 0.0162. The average Bonchev–Trinajstić information content (AvgIpc) is 3.17. The van der Waals surface area contributed by atoms with E-state index in [4.69, 9.17) is 0 Å². The van der Waals surface area contributed by atoms with Gasteiger partial charge in [0.1, 0.15) is 0 Å². The molecular weight excluding hydrogens is 613 g/mol. The molecule has 0 aromatic heterocycles. The molecule has 0 aliphatic carbocycles. The van der Waals surface area contributed by atoms with Gasteiger partial charge in [0.2, 0.25) is 6.71 Å². The molecule has 0 amide bonds. The van der Waals surface area contributed by atoms with Crippen LogP contribution in [0.25, 0.3) is 0 Å². The fraction of sp³-hybridized carbons (Fsp3) is 0.0227. The molecule has 0 bridgehead atoms. The third-order valence-electron chi connectivity index (χ3n) is 10.2. The van der Waals surface area contributed by atoms with Crippen molar-refractivity contribution < 1.29 is 0 Å². The molecule has 3 nitrogen and oxygen atoms in total. The summed E-state index contributed by atoms with van der Waals surface area (Å²) in [7, 11) is 0. The van der Waals surface area contributed by atoms with Crippen molar-refractivity contribution in [3.05, 3.63) is 186 Å². The van der Waals surface area contributed by atoms with Crippen molar-refractivity contribution in [2.24, 2.45) is 0 Å². The second-order valence-electron chi connectivity index (χ2n) is 12.8. The zero-order chi connectivity index (χ0) is 32.5. The number of para-hydroxylation sites is 3. The lowest BCUT2D eigenvalue weighted by atomic mass is 9.32. The Labute approximate surface area is 290 Å². The quantitative estimate of drug-likeness (QED) is 0.180.